The Labute approximate surface area is 167 Å². The van der Waals surface area contributed by atoms with Gasteiger partial charge < -0.3 is 10.1 Å². The Morgan fingerprint density at radius 1 is 0.731 bits per heavy atom. The summed E-state index contributed by atoms with van der Waals surface area (Å²) in [5, 5.41) is 3.21. The van der Waals surface area contributed by atoms with Crippen molar-refractivity contribution >= 4 is 40.5 Å². The molecule has 1 aliphatic rings. The fraction of sp³-hybridized carbons (Fsp3) is 0.143. The molecular weight excluding hydrogens is 389 g/mol. The molecule has 0 radical (unpaired) electrons. The van der Waals surface area contributed by atoms with Crippen molar-refractivity contribution in [1.29, 1.82) is 0 Å². The Bertz CT molecular complexity index is 854. The first-order valence-electron chi connectivity index (χ1n) is 8.23. The molecule has 3 aromatic carbocycles. The number of para-hydroxylation sites is 1. The highest BCUT2D eigenvalue weighted by molar-refractivity contribution is 6.68. The van der Waals surface area contributed by atoms with E-state index in [2.05, 4.69) is 5.32 Å². The van der Waals surface area contributed by atoms with Crippen molar-refractivity contribution in [3.05, 3.63) is 102 Å². The number of halogens is 3. The molecule has 5 heteroatoms. The number of ether oxygens (including phenoxy) is 1. The summed E-state index contributed by atoms with van der Waals surface area (Å²) in [5.74, 6) is 0. The van der Waals surface area contributed by atoms with E-state index in [9.17, 15) is 0 Å². The highest BCUT2D eigenvalue weighted by atomic mass is 35.6. The molecular formula is C21H16Cl3NO. The average molecular weight is 405 g/mol. The lowest BCUT2D eigenvalue weighted by atomic mass is 9.78. The standard InChI is InChI=1S/C21H16Cl3NO/c22-21(23,24)19-25-18-14-8-7-13-17(18)20(26-19,15-9-3-1-4-10-15)16-11-5-2-6-12-16/h1-14,19,25H/t19-/m0/s1. The Morgan fingerprint density at radius 2 is 1.23 bits per heavy atom. The monoisotopic (exact) mass is 403 g/mol. The Morgan fingerprint density at radius 3 is 1.77 bits per heavy atom. The molecule has 0 bridgehead atoms. The number of fused-ring (bicyclic) bond motifs is 1. The highest BCUT2D eigenvalue weighted by Crippen LogP contribution is 2.50. The number of benzene rings is 3. The van der Waals surface area contributed by atoms with Crippen molar-refractivity contribution < 1.29 is 4.74 Å². The van der Waals surface area contributed by atoms with E-state index in [0.717, 1.165) is 22.4 Å². The zero-order valence-electron chi connectivity index (χ0n) is 13.7. The second-order valence-electron chi connectivity index (χ2n) is 6.14. The van der Waals surface area contributed by atoms with Gasteiger partial charge >= 0.3 is 0 Å². The molecule has 0 amide bonds. The third-order valence-corrected chi connectivity index (χ3v) is 5.14. The minimum Gasteiger partial charge on any atom is -0.356 e. The Kier molecular flexibility index (Phi) is 4.62. The fourth-order valence-electron chi connectivity index (χ4n) is 3.44. The zero-order chi connectivity index (χ0) is 18.2. The van der Waals surface area contributed by atoms with Gasteiger partial charge in [-0.2, -0.15) is 0 Å². The molecule has 132 valence electrons. The predicted octanol–water partition coefficient (Wildman–Crippen LogP) is 6.12. The first kappa shape index (κ1) is 17.7. The van der Waals surface area contributed by atoms with Crippen molar-refractivity contribution in [3.8, 4) is 0 Å². The van der Waals surface area contributed by atoms with Crippen molar-refractivity contribution in [3.63, 3.8) is 0 Å². The van der Waals surface area contributed by atoms with Crippen LogP contribution in [-0.4, -0.2) is 10.0 Å². The second kappa shape index (κ2) is 6.79. The van der Waals surface area contributed by atoms with Gasteiger partial charge in [-0.15, -0.1) is 0 Å². The van der Waals surface area contributed by atoms with Gasteiger partial charge in [0.15, 0.2) is 6.23 Å². The predicted molar refractivity (Wildman–Crippen MR) is 108 cm³/mol. The summed E-state index contributed by atoms with van der Waals surface area (Å²) in [6, 6.07) is 28.0. The van der Waals surface area contributed by atoms with Gasteiger partial charge in [-0.3, -0.25) is 0 Å². The van der Waals surface area contributed by atoms with Crippen molar-refractivity contribution in [2.24, 2.45) is 0 Å². The molecule has 4 rings (SSSR count). The number of alkyl halides is 3. The molecule has 0 spiro atoms. The van der Waals surface area contributed by atoms with E-state index >= 15 is 0 Å². The SMILES string of the molecule is ClC(Cl)(Cl)[C@H]1Nc2ccccc2C(c2ccccc2)(c2ccccc2)O1. The van der Waals surface area contributed by atoms with Crippen LogP contribution in [0.3, 0.4) is 0 Å². The van der Waals surface area contributed by atoms with E-state index in [1.54, 1.807) is 0 Å². The van der Waals surface area contributed by atoms with Gasteiger partial charge in [-0.05, 0) is 17.2 Å². The van der Waals surface area contributed by atoms with Crippen molar-refractivity contribution in [2.75, 3.05) is 5.32 Å². The largest absolute Gasteiger partial charge is 0.356 e. The zero-order valence-corrected chi connectivity index (χ0v) is 16.0. The Balaban J connectivity index is 2.03. The average Bonchev–Trinajstić information content (AvgIpc) is 2.68. The second-order valence-corrected chi connectivity index (χ2v) is 8.51. The number of anilines is 1. The maximum atomic E-state index is 6.53. The van der Waals surface area contributed by atoms with Crippen LogP contribution in [0.5, 0.6) is 0 Å². The van der Waals surface area contributed by atoms with Crippen LogP contribution in [0, 0.1) is 0 Å². The van der Waals surface area contributed by atoms with Gasteiger partial charge in [-0.1, -0.05) is 114 Å². The maximum absolute atomic E-state index is 6.53. The summed E-state index contributed by atoms with van der Waals surface area (Å²) in [6.07, 6.45) is -0.817. The van der Waals surface area contributed by atoms with Crippen molar-refractivity contribution in [2.45, 2.75) is 15.6 Å². The number of rotatable bonds is 2. The highest BCUT2D eigenvalue weighted by Gasteiger charge is 2.49. The van der Waals surface area contributed by atoms with Gasteiger partial charge in [0.2, 0.25) is 3.79 Å². The molecule has 0 saturated carbocycles. The van der Waals surface area contributed by atoms with Crippen molar-refractivity contribution in [1.82, 2.24) is 0 Å². The van der Waals surface area contributed by atoms with E-state index in [-0.39, 0.29) is 0 Å². The molecule has 0 unspecified atom stereocenters. The summed E-state index contributed by atoms with van der Waals surface area (Å²) >= 11 is 18.7. The van der Waals surface area contributed by atoms with E-state index in [0.29, 0.717) is 0 Å². The van der Waals surface area contributed by atoms with E-state index in [1.807, 2.05) is 84.9 Å². The molecule has 2 nitrogen and oxygen atoms in total. The summed E-state index contributed by atoms with van der Waals surface area (Å²) in [7, 11) is 0. The van der Waals surface area contributed by atoms with Gasteiger partial charge in [0.1, 0.15) is 5.60 Å². The lowest BCUT2D eigenvalue weighted by Gasteiger charge is -2.45. The molecule has 3 aromatic rings. The Hall–Kier alpha value is -1.71. The quantitative estimate of drug-likeness (QED) is 0.520. The molecule has 26 heavy (non-hydrogen) atoms. The van der Waals surface area contributed by atoms with Gasteiger partial charge in [0, 0.05) is 11.3 Å². The van der Waals surface area contributed by atoms with Gasteiger partial charge in [0.25, 0.3) is 0 Å². The summed E-state index contributed by atoms with van der Waals surface area (Å²) in [5.41, 5.74) is 2.91. The molecule has 1 atom stereocenters. The molecule has 0 saturated heterocycles. The van der Waals surface area contributed by atoms with Crippen LogP contribution >= 0.6 is 34.8 Å². The first-order chi connectivity index (χ1) is 12.5. The molecule has 0 aromatic heterocycles. The maximum Gasteiger partial charge on any atom is 0.234 e. The van der Waals surface area contributed by atoms with Crippen LogP contribution in [-0.2, 0) is 10.3 Å². The number of hydrogen-bond donors (Lipinski definition) is 1. The third-order valence-electron chi connectivity index (χ3n) is 4.55. The van der Waals surface area contributed by atoms with Gasteiger partial charge in [-0.25, -0.2) is 0 Å². The molecule has 0 aliphatic carbocycles. The number of hydrogen-bond acceptors (Lipinski definition) is 2. The van der Waals surface area contributed by atoms with E-state index in [4.69, 9.17) is 39.5 Å². The number of nitrogens with one attached hydrogen (secondary N) is 1. The first-order valence-corrected chi connectivity index (χ1v) is 9.37. The normalized spacial score (nSPS) is 18.7. The smallest absolute Gasteiger partial charge is 0.234 e. The molecule has 1 heterocycles. The summed E-state index contributed by atoms with van der Waals surface area (Å²) in [6.45, 7) is 0. The molecule has 1 aliphatic heterocycles. The lowest BCUT2D eigenvalue weighted by molar-refractivity contribution is -0.0393. The summed E-state index contributed by atoms with van der Waals surface area (Å²) in [4.78, 5) is 0. The van der Waals surface area contributed by atoms with Crippen LogP contribution in [0.2, 0.25) is 0 Å². The van der Waals surface area contributed by atoms with Crippen LogP contribution < -0.4 is 5.32 Å². The molecule has 0 fully saturated rings. The summed E-state index contributed by atoms with van der Waals surface area (Å²) < 4.78 is 4.89. The van der Waals surface area contributed by atoms with Gasteiger partial charge in [0.05, 0.1) is 0 Å². The van der Waals surface area contributed by atoms with Crippen LogP contribution in [0.25, 0.3) is 0 Å². The van der Waals surface area contributed by atoms with E-state index < -0.39 is 15.6 Å². The fourth-order valence-corrected chi connectivity index (χ4v) is 3.73. The topological polar surface area (TPSA) is 21.3 Å². The molecule has 1 N–H and O–H groups in total. The van der Waals surface area contributed by atoms with Crippen LogP contribution in [0.15, 0.2) is 84.9 Å². The van der Waals surface area contributed by atoms with Crippen LogP contribution in [0.4, 0.5) is 5.69 Å². The third kappa shape index (κ3) is 2.97. The lowest BCUT2D eigenvalue weighted by Crippen LogP contribution is -2.49. The van der Waals surface area contributed by atoms with Crippen LogP contribution in [0.1, 0.15) is 16.7 Å². The minimum absolute atomic E-state index is 0.817. The van der Waals surface area contributed by atoms with E-state index in [1.165, 1.54) is 0 Å². The minimum atomic E-state index is -1.64.